The molecule has 0 spiro atoms. The number of para-hydroxylation sites is 1. The first kappa shape index (κ1) is 16.3. The van der Waals surface area contributed by atoms with Crippen molar-refractivity contribution in [2.24, 2.45) is 4.99 Å². The Morgan fingerprint density at radius 3 is 2.77 bits per heavy atom. The van der Waals surface area contributed by atoms with E-state index in [9.17, 15) is 9.59 Å². The van der Waals surface area contributed by atoms with Crippen LogP contribution < -0.4 is 0 Å². The Morgan fingerprint density at radius 2 is 2.00 bits per heavy atom. The first-order chi connectivity index (χ1) is 12.5. The van der Waals surface area contributed by atoms with E-state index < -0.39 is 5.97 Å². The van der Waals surface area contributed by atoms with Crippen LogP contribution in [0.4, 0.5) is 0 Å². The van der Waals surface area contributed by atoms with Gasteiger partial charge in [-0.05, 0) is 30.3 Å². The monoisotopic (exact) mass is 364 g/mol. The third-order valence-electron chi connectivity index (χ3n) is 4.07. The van der Waals surface area contributed by atoms with Crippen LogP contribution in [-0.4, -0.2) is 22.3 Å². The highest BCUT2D eigenvalue weighted by molar-refractivity contribution is 6.31. The number of cyclic esters (lactones) is 1. The number of nitrogens with zero attached hydrogens (tertiary/aromatic N) is 2. The van der Waals surface area contributed by atoms with Gasteiger partial charge in [-0.2, -0.15) is 0 Å². The van der Waals surface area contributed by atoms with Gasteiger partial charge < -0.3 is 4.74 Å². The van der Waals surface area contributed by atoms with E-state index in [1.54, 1.807) is 41.1 Å². The minimum Gasteiger partial charge on any atom is -0.402 e. The number of fused-ring (bicyclic) bond motifs is 1. The highest BCUT2D eigenvalue weighted by Crippen LogP contribution is 2.26. The van der Waals surface area contributed by atoms with E-state index in [0.29, 0.717) is 10.6 Å². The second-order valence-corrected chi connectivity index (χ2v) is 6.27. The maximum atomic E-state index is 12.2. The summed E-state index contributed by atoms with van der Waals surface area (Å²) < 4.78 is 6.81. The molecule has 6 heteroatoms. The number of halogens is 1. The second kappa shape index (κ2) is 6.28. The maximum absolute atomic E-state index is 12.2. The quantitative estimate of drug-likeness (QED) is 0.503. The number of aromatic nitrogens is 1. The summed E-state index contributed by atoms with van der Waals surface area (Å²) in [5.74, 6) is -0.443. The predicted octanol–water partition coefficient (Wildman–Crippen LogP) is 4.30. The lowest BCUT2D eigenvalue weighted by molar-refractivity contribution is -0.129. The molecule has 128 valence electrons. The lowest BCUT2D eigenvalue weighted by Gasteiger charge is -1.98. The number of carbonyl (C=O) groups is 2. The summed E-state index contributed by atoms with van der Waals surface area (Å²) in [6.07, 6.45) is 3.32. The van der Waals surface area contributed by atoms with Crippen LogP contribution >= 0.6 is 11.6 Å². The van der Waals surface area contributed by atoms with Gasteiger partial charge in [0.2, 0.25) is 11.8 Å². The Hall–Kier alpha value is -3.18. The molecule has 0 fully saturated rings. The van der Waals surface area contributed by atoms with E-state index >= 15 is 0 Å². The van der Waals surface area contributed by atoms with Crippen molar-refractivity contribution >= 4 is 46.4 Å². The summed E-state index contributed by atoms with van der Waals surface area (Å²) >= 11 is 5.98. The van der Waals surface area contributed by atoms with Gasteiger partial charge in [0.15, 0.2) is 5.70 Å². The molecule has 0 N–H and O–H groups in total. The molecule has 26 heavy (non-hydrogen) atoms. The van der Waals surface area contributed by atoms with Crippen molar-refractivity contribution < 1.29 is 14.3 Å². The summed E-state index contributed by atoms with van der Waals surface area (Å²) in [4.78, 5) is 28.4. The smallest absolute Gasteiger partial charge is 0.363 e. The minimum absolute atomic E-state index is 0.108. The molecule has 0 unspecified atom stereocenters. The van der Waals surface area contributed by atoms with Gasteiger partial charge in [-0.1, -0.05) is 35.9 Å². The summed E-state index contributed by atoms with van der Waals surface area (Å²) in [5.41, 5.74) is 2.29. The molecular weight excluding hydrogens is 352 g/mol. The molecule has 0 saturated carbocycles. The third-order valence-corrected chi connectivity index (χ3v) is 4.30. The van der Waals surface area contributed by atoms with Crippen molar-refractivity contribution in [3.8, 4) is 0 Å². The molecule has 4 rings (SSSR count). The van der Waals surface area contributed by atoms with Crippen molar-refractivity contribution in [2.45, 2.75) is 6.92 Å². The van der Waals surface area contributed by atoms with E-state index in [4.69, 9.17) is 16.3 Å². The fourth-order valence-corrected chi connectivity index (χ4v) is 3.07. The molecule has 0 saturated heterocycles. The van der Waals surface area contributed by atoms with E-state index in [-0.39, 0.29) is 17.5 Å². The van der Waals surface area contributed by atoms with Gasteiger partial charge in [0.25, 0.3) is 0 Å². The topological polar surface area (TPSA) is 60.7 Å². The van der Waals surface area contributed by atoms with Gasteiger partial charge in [0.1, 0.15) is 0 Å². The van der Waals surface area contributed by atoms with Crippen molar-refractivity contribution in [2.75, 3.05) is 0 Å². The number of esters is 1. The Labute approximate surface area is 154 Å². The van der Waals surface area contributed by atoms with E-state index in [1.807, 2.05) is 24.3 Å². The van der Waals surface area contributed by atoms with E-state index in [1.165, 1.54) is 6.92 Å². The zero-order valence-corrected chi connectivity index (χ0v) is 14.5. The van der Waals surface area contributed by atoms with Gasteiger partial charge in [0, 0.05) is 34.7 Å². The number of carbonyl (C=O) groups excluding carboxylic acids is 2. The van der Waals surface area contributed by atoms with Crippen LogP contribution in [0.2, 0.25) is 5.02 Å². The standard InChI is InChI=1S/C20H13ClN2O3/c1-12(24)23-11-14(16-7-2-3-8-18(16)23)10-17-20(25)26-19(22-17)13-5-4-6-15(21)9-13/h2-11H,1H3/b17-10+. The Kier molecular flexibility index (Phi) is 3.93. The molecule has 0 atom stereocenters. The predicted molar refractivity (Wildman–Crippen MR) is 100 cm³/mol. The molecule has 0 bridgehead atoms. The Morgan fingerprint density at radius 1 is 1.19 bits per heavy atom. The summed E-state index contributed by atoms with van der Waals surface area (Å²) in [6, 6.07) is 14.4. The normalized spacial score (nSPS) is 15.4. The van der Waals surface area contributed by atoms with Crippen LogP contribution in [0, 0.1) is 0 Å². The van der Waals surface area contributed by atoms with Crippen LogP contribution in [0.5, 0.6) is 0 Å². The summed E-state index contributed by atoms with van der Waals surface area (Å²) in [7, 11) is 0. The molecular formula is C20H13ClN2O3. The largest absolute Gasteiger partial charge is 0.402 e. The van der Waals surface area contributed by atoms with Gasteiger partial charge >= 0.3 is 5.97 Å². The number of hydrogen-bond acceptors (Lipinski definition) is 4. The fourth-order valence-electron chi connectivity index (χ4n) is 2.88. The van der Waals surface area contributed by atoms with Gasteiger partial charge in [0.05, 0.1) is 5.52 Å². The zero-order chi connectivity index (χ0) is 18.3. The average molecular weight is 365 g/mol. The molecule has 0 radical (unpaired) electrons. The SMILES string of the molecule is CC(=O)n1cc(/C=C2/N=C(c3cccc(Cl)c3)OC2=O)c2ccccc21. The zero-order valence-electron chi connectivity index (χ0n) is 13.8. The highest BCUT2D eigenvalue weighted by Gasteiger charge is 2.25. The van der Waals surface area contributed by atoms with Crippen molar-refractivity contribution in [1.82, 2.24) is 4.57 Å². The molecule has 2 heterocycles. The molecule has 2 aromatic carbocycles. The van der Waals surface area contributed by atoms with Gasteiger partial charge in [-0.25, -0.2) is 9.79 Å². The fraction of sp³-hybridized carbons (Fsp3) is 0.0500. The van der Waals surface area contributed by atoms with Crippen LogP contribution in [-0.2, 0) is 9.53 Å². The Bertz CT molecular complexity index is 1130. The van der Waals surface area contributed by atoms with Crippen molar-refractivity contribution in [3.05, 3.63) is 76.6 Å². The molecule has 5 nitrogen and oxygen atoms in total. The minimum atomic E-state index is -0.542. The van der Waals surface area contributed by atoms with E-state index in [2.05, 4.69) is 4.99 Å². The molecule has 3 aromatic rings. The van der Waals surface area contributed by atoms with Gasteiger partial charge in [-0.3, -0.25) is 9.36 Å². The Balaban J connectivity index is 1.80. The van der Waals surface area contributed by atoms with Crippen LogP contribution in [0.1, 0.15) is 22.8 Å². The number of hydrogen-bond donors (Lipinski definition) is 0. The first-order valence-corrected chi connectivity index (χ1v) is 8.30. The number of rotatable bonds is 2. The average Bonchev–Trinajstić information content (AvgIpc) is 3.17. The molecule has 1 aliphatic heterocycles. The van der Waals surface area contributed by atoms with E-state index in [0.717, 1.165) is 16.5 Å². The second-order valence-electron chi connectivity index (χ2n) is 5.84. The number of benzene rings is 2. The lowest BCUT2D eigenvalue weighted by Crippen LogP contribution is -2.05. The molecule has 0 aliphatic carbocycles. The molecule has 0 amide bonds. The number of ether oxygens (including phenoxy) is 1. The van der Waals surface area contributed by atoms with Crippen LogP contribution in [0.25, 0.3) is 17.0 Å². The number of aliphatic imine (C=N–C) groups is 1. The summed E-state index contributed by atoms with van der Waals surface area (Å²) in [5, 5.41) is 1.39. The third kappa shape index (κ3) is 2.82. The van der Waals surface area contributed by atoms with Crippen molar-refractivity contribution in [1.29, 1.82) is 0 Å². The summed E-state index contributed by atoms with van der Waals surface area (Å²) in [6.45, 7) is 1.49. The van der Waals surface area contributed by atoms with Gasteiger partial charge in [-0.15, -0.1) is 0 Å². The highest BCUT2D eigenvalue weighted by atomic mass is 35.5. The van der Waals surface area contributed by atoms with Crippen LogP contribution in [0.3, 0.4) is 0 Å². The molecule has 1 aromatic heterocycles. The molecule has 1 aliphatic rings. The maximum Gasteiger partial charge on any atom is 0.363 e. The first-order valence-electron chi connectivity index (χ1n) is 7.92. The van der Waals surface area contributed by atoms with Crippen molar-refractivity contribution in [3.63, 3.8) is 0 Å². The van der Waals surface area contributed by atoms with Crippen LogP contribution in [0.15, 0.2) is 65.4 Å². The lowest BCUT2D eigenvalue weighted by atomic mass is 10.1.